The molecule has 1 aromatic rings. The second-order valence-electron chi connectivity index (χ2n) is 4.44. The van der Waals surface area contributed by atoms with Crippen LogP contribution in [0.25, 0.3) is 0 Å². The SMILES string of the molecule is CCN(Cc1ccc(OC)c(N)c1)C(C)COC. The van der Waals surface area contributed by atoms with E-state index in [9.17, 15) is 0 Å². The summed E-state index contributed by atoms with van der Waals surface area (Å²) in [6.45, 7) is 6.91. The fourth-order valence-electron chi connectivity index (χ4n) is 2.04. The van der Waals surface area contributed by atoms with Gasteiger partial charge in [0.15, 0.2) is 0 Å². The molecule has 0 spiro atoms. The van der Waals surface area contributed by atoms with Gasteiger partial charge in [0.25, 0.3) is 0 Å². The van der Waals surface area contributed by atoms with E-state index in [0.717, 1.165) is 25.4 Å². The number of ether oxygens (including phenoxy) is 2. The largest absolute Gasteiger partial charge is 0.495 e. The monoisotopic (exact) mass is 252 g/mol. The number of likely N-dealkylation sites (N-methyl/N-ethyl adjacent to an activating group) is 1. The molecule has 0 radical (unpaired) electrons. The number of rotatable bonds is 7. The van der Waals surface area contributed by atoms with Crippen LogP contribution in [0.2, 0.25) is 0 Å². The lowest BCUT2D eigenvalue weighted by Crippen LogP contribution is -2.35. The molecule has 0 amide bonds. The summed E-state index contributed by atoms with van der Waals surface area (Å²) >= 11 is 0. The second-order valence-corrected chi connectivity index (χ2v) is 4.44. The first-order valence-corrected chi connectivity index (χ1v) is 6.27. The van der Waals surface area contributed by atoms with Crippen molar-refractivity contribution in [3.63, 3.8) is 0 Å². The molecule has 0 fully saturated rings. The molecule has 1 atom stereocenters. The van der Waals surface area contributed by atoms with Gasteiger partial charge in [0.1, 0.15) is 5.75 Å². The van der Waals surface area contributed by atoms with E-state index in [1.807, 2.05) is 12.1 Å². The van der Waals surface area contributed by atoms with Crippen LogP contribution >= 0.6 is 0 Å². The third-order valence-electron chi connectivity index (χ3n) is 3.12. The van der Waals surface area contributed by atoms with Gasteiger partial charge in [-0.1, -0.05) is 13.0 Å². The Morgan fingerprint density at radius 1 is 1.33 bits per heavy atom. The molecule has 1 unspecified atom stereocenters. The summed E-state index contributed by atoms with van der Waals surface area (Å²) in [5.74, 6) is 0.728. The minimum atomic E-state index is 0.392. The zero-order valence-corrected chi connectivity index (χ0v) is 11.8. The molecule has 4 heteroatoms. The highest BCUT2D eigenvalue weighted by Crippen LogP contribution is 2.23. The minimum absolute atomic E-state index is 0.392. The van der Waals surface area contributed by atoms with Crippen molar-refractivity contribution >= 4 is 5.69 Å². The van der Waals surface area contributed by atoms with Crippen LogP contribution in [-0.2, 0) is 11.3 Å². The fraction of sp³-hybridized carbons (Fsp3) is 0.571. The molecular formula is C14H24N2O2. The van der Waals surface area contributed by atoms with Crippen LogP contribution in [0.3, 0.4) is 0 Å². The van der Waals surface area contributed by atoms with Crippen LogP contribution in [0.4, 0.5) is 5.69 Å². The summed E-state index contributed by atoms with van der Waals surface area (Å²) in [6.07, 6.45) is 0. The molecule has 0 saturated heterocycles. The summed E-state index contributed by atoms with van der Waals surface area (Å²) in [5.41, 5.74) is 7.79. The maximum absolute atomic E-state index is 5.92. The van der Waals surface area contributed by atoms with Crippen molar-refractivity contribution in [1.82, 2.24) is 4.90 Å². The normalized spacial score (nSPS) is 12.7. The van der Waals surface area contributed by atoms with Crippen LogP contribution in [-0.4, -0.2) is 38.3 Å². The van der Waals surface area contributed by atoms with Crippen molar-refractivity contribution in [2.24, 2.45) is 0 Å². The Labute approximate surface area is 110 Å². The van der Waals surface area contributed by atoms with Gasteiger partial charge in [0.05, 0.1) is 19.4 Å². The zero-order valence-electron chi connectivity index (χ0n) is 11.8. The highest BCUT2D eigenvalue weighted by Gasteiger charge is 2.12. The highest BCUT2D eigenvalue weighted by atomic mass is 16.5. The van der Waals surface area contributed by atoms with Crippen molar-refractivity contribution in [3.8, 4) is 5.75 Å². The van der Waals surface area contributed by atoms with Gasteiger partial charge in [-0.05, 0) is 31.2 Å². The number of nitrogens with two attached hydrogens (primary N) is 1. The van der Waals surface area contributed by atoms with Crippen LogP contribution in [0, 0.1) is 0 Å². The first-order valence-electron chi connectivity index (χ1n) is 6.27. The number of benzene rings is 1. The first kappa shape index (κ1) is 14.8. The molecule has 0 aliphatic heterocycles. The van der Waals surface area contributed by atoms with E-state index < -0.39 is 0 Å². The first-order chi connectivity index (χ1) is 8.62. The third kappa shape index (κ3) is 3.89. The zero-order chi connectivity index (χ0) is 13.5. The van der Waals surface area contributed by atoms with Gasteiger partial charge in [-0.3, -0.25) is 4.90 Å². The summed E-state index contributed by atoms with van der Waals surface area (Å²) in [7, 11) is 3.36. The molecule has 2 N–H and O–H groups in total. The highest BCUT2D eigenvalue weighted by molar-refractivity contribution is 5.54. The van der Waals surface area contributed by atoms with Gasteiger partial charge in [-0.15, -0.1) is 0 Å². The van der Waals surface area contributed by atoms with E-state index in [0.29, 0.717) is 11.7 Å². The summed E-state index contributed by atoms with van der Waals surface area (Å²) in [5, 5.41) is 0. The van der Waals surface area contributed by atoms with Crippen LogP contribution in [0.15, 0.2) is 18.2 Å². The van der Waals surface area contributed by atoms with Gasteiger partial charge in [-0.25, -0.2) is 0 Å². The smallest absolute Gasteiger partial charge is 0.141 e. The molecule has 0 aromatic heterocycles. The molecule has 1 rings (SSSR count). The molecule has 4 nitrogen and oxygen atoms in total. The summed E-state index contributed by atoms with van der Waals surface area (Å²) < 4.78 is 10.4. The molecule has 0 saturated carbocycles. The van der Waals surface area contributed by atoms with Gasteiger partial charge >= 0.3 is 0 Å². The number of hydrogen-bond donors (Lipinski definition) is 1. The molecule has 0 aliphatic rings. The number of methoxy groups -OCH3 is 2. The average Bonchev–Trinajstić information content (AvgIpc) is 2.36. The quantitative estimate of drug-likeness (QED) is 0.755. The van der Waals surface area contributed by atoms with E-state index in [1.165, 1.54) is 5.56 Å². The van der Waals surface area contributed by atoms with Crippen LogP contribution in [0.1, 0.15) is 19.4 Å². The van der Waals surface area contributed by atoms with Gasteiger partial charge in [0.2, 0.25) is 0 Å². The maximum Gasteiger partial charge on any atom is 0.141 e. The maximum atomic E-state index is 5.92. The number of nitrogen functional groups attached to an aromatic ring is 1. The van der Waals surface area contributed by atoms with Crippen molar-refractivity contribution in [1.29, 1.82) is 0 Å². The molecule has 0 heterocycles. The second kappa shape index (κ2) is 7.24. The lowest BCUT2D eigenvalue weighted by atomic mass is 10.1. The molecule has 102 valence electrons. The number of nitrogens with zero attached hydrogens (tertiary/aromatic N) is 1. The van der Waals surface area contributed by atoms with Crippen molar-refractivity contribution in [3.05, 3.63) is 23.8 Å². The van der Waals surface area contributed by atoms with E-state index in [1.54, 1.807) is 14.2 Å². The standard InChI is InChI=1S/C14H24N2O2/c1-5-16(11(2)10-17-3)9-12-6-7-14(18-4)13(15)8-12/h6-8,11H,5,9-10,15H2,1-4H3. The number of hydrogen-bond acceptors (Lipinski definition) is 4. The van der Waals surface area contributed by atoms with E-state index in [2.05, 4.69) is 24.8 Å². The molecule has 0 bridgehead atoms. The molecule has 1 aromatic carbocycles. The third-order valence-corrected chi connectivity index (χ3v) is 3.12. The predicted molar refractivity (Wildman–Crippen MR) is 74.8 cm³/mol. The Kier molecular flexibility index (Phi) is 5.95. The van der Waals surface area contributed by atoms with Crippen LogP contribution in [0.5, 0.6) is 5.75 Å². The Hall–Kier alpha value is -1.26. The van der Waals surface area contributed by atoms with Gasteiger partial charge < -0.3 is 15.2 Å². The molecule has 18 heavy (non-hydrogen) atoms. The average molecular weight is 252 g/mol. The van der Waals surface area contributed by atoms with Crippen molar-refractivity contribution in [2.45, 2.75) is 26.4 Å². The Balaban J connectivity index is 2.72. The predicted octanol–water partition coefficient (Wildman–Crippen LogP) is 2.13. The lowest BCUT2D eigenvalue weighted by molar-refractivity contribution is 0.0982. The Morgan fingerprint density at radius 2 is 2.06 bits per heavy atom. The summed E-state index contributed by atoms with van der Waals surface area (Å²) in [4.78, 5) is 2.35. The molecule has 0 aliphatic carbocycles. The molecular weight excluding hydrogens is 228 g/mol. The number of anilines is 1. The van der Waals surface area contributed by atoms with E-state index in [-0.39, 0.29) is 0 Å². The lowest BCUT2D eigenvalue weighted by Gasteiger charge is -2.27. The summed E-state index contributed by atoms with van der Waals surface area (Å²) in [6, 6.07) is 6.33. The fourth-order valence-corrected chi connectivity index (χ4v) is 2.04. The Bertz CT molecular complexity index is 369. The Morgan fingerprint density at radius 3 is 2.56 bits per heavy atom. The van der Waals surface area contributed by atoms with E-state index in [4.69, 9.17) is 15.2 Å². The van der Waals surface area contributed by atoms with Crippen molar-refractivity contribution < 1.29 is 9.47 Å². The van der Waals surface area contributed by atoms with Crippen molar-refractivity contribution in [2.75, 3.05) is 33.1 Å². The minimum Gasteiger partial charge on any atom is -0.495 e. The van der Waals surface area contributed by atoms with Gasteiger partial charge in [-0.2, -0.15) is 0 Å². The van der Waals surface area contributed by atoms with Crippen LogP contribution < -0.4 is 10.5 Å². The van der Waals surface area contributed by atoms with E-state index >= 15 is 0 Å². The topological polar surface area (TPSA) is 47.7 Å². The van der Waals surface area contributed by atoms with Gasteiger partial charge in [0, 0.05) is 19.7 Å².